The maximum atomic E-state index is 9.48. The van der Waals surface area contributed by atoms with Gasteiger partial charge in [0.1, 0.15) is 0 Å². The second-order valence-electron chi connectivity index (χ2n) is 6.40. The Hall–Kier alpha value is -0.860. The van der Waals surface area contributed by atoms with E-state index < -0.39 is 0 Å². The second kappa shape index (κ2) is 5.64. The molecule has 0 amide bonds. The number of rotatable bonds is 4. The van der Waals surface area contributed by atoms with Gasteiger partial charge >= 0.3 is 0 Å². The third-order valence-corrected chi connectivity index (χ3v) is 4.79. The first-order valence-corrected chi connectivity index (χ1v) is 7.59. The minimum atomic E-state index is -0.00758. The molecule has 1 heterocycles. The highest BCUT2D eigenvalue weighted by Gasteiger charge is 2.37. The molecule has 1 aliphatic carbocycles. The van der Waals surface area contributed by atoms with Crippen LogP contribution in [0.25, 0.3) is 0 Å². The molecule has 1 aliphatic heterocycles. The minimum Gasteiger partial charge on any atom is -0.396 e. The zero-order valence-electron chi connectivity index (χ0n) is 11.6. The first kappa shape index (κ1) is 13.1. The van der Waals surface area contributed by atoms with Crippen molar-refractivity contribution in [2.24, 2.45) is 5.41 Å². The van der Waals surface area contributed by atoms with E-state index in [1.807, 2.05) is 0 Å². The fraction of sp³-hybridized carbons (Fsp3) is 0.647. The molecule has 19 heavy (non-hydrogen) atoms. The van der Waals surface area contributed by atoms with E-state index in [1.165, 1.54) is 43.2 Å². The average Bonchev–Trinajstić information content (AvgIpc) is 2.45. The van der Waals surface area contributed by atoms with Crippen LogP contribution in [0.4, 0.5) is 0 Å². The molecule has 0 bridgehead atoms. The van der Waals surface area contributed by atoms with Gasteiger partial charge in [0.25, 0.3) is 0 Å². The number of benzene rings is 1. The van der Waals surface area contributed by atoms with Crippen molar-refractivity contribution in [1.82, 2.24) is 0 Å². The molecule has 2 fully saturated rings. The summed E-state index contributed by atoms with van der Waals surface area (Å²) in [5.41, 5.74) is 2.83. The van der Waals surface area contributed by atoms with Crippen LogP contribution in [0.2, 0.25) is 0 Å². The first-order valence-electron chi connectivity index (χ1n) is 7.59. The Kier molecular flexibility index (Phi) is 3.90. The molecule has 3 rings (SSSR count). The summed E-state index contributed by atoms with van der Waals surface area (Å²) in [6, 6.07) is 9.10. The maximum Gasteiger partial charge on any atom is 0.0570 e. The number of hydrogen-bond donors (Lipinski definition) is 1. The third-order valence-electron chi connectivity index (χ3n) is 4.79. The Bertz CT molecular complexity index is 394. The molecule has 0 unspecified atom stereocenters. The largest absolute Gasteiger partial charge is 0.396 e. The summed E-state index contributed by atoms with van der Waals surface area (Å²) in [6.07, 6.45) is 7.83. The van der Waals surface area contributed by atoms with E-state index in [9.17, 15) is 5.11 Å². The molecule has 1 aromatic carbocycles. The Balaban J connectivity index is 1.65. The summed E-state index contributed by atoms with van der Waals surface area (Å²) in [6.45, 7) is 1.64. The highest BCUT2D eigenvalue weighted by Crippen LogP contribution is 2.34. The molecule has 0 aromatic heterocycles. The van der Waals surface area contributed by atoms with Crippen LogP contribution in [0, 0.1) is 5.41 Å². The molecule has 1 saturated carbocycles. The molecule has 1 saturated heterocycles. The van der Waals surface area contributed by atoms with Crippen LogP contribution in [-0.2, 0) is 11.2 Å². The Labute approximate surface area is 115 Å². The lowest BCUT2D eigenvalue weighted by Gasteiger charge is -2.40. The molecule has 2 heteroatoms. The van der Waals surface area contributed by atoms with E-state index in [2.05, 4.69) is 24.3 Å². The van der Waals surface area contributed by atoms with E-state index in [-0.39, 0.29) is 12.0 Å². The van der Waals surface area contributed by atoms with Gasteiger partial charge in [-0.1, -0.05) is 43.5 Å². The van der Waals surface area contributed by atoms with Crippen molar-refractivity contribution in [1.29, 1.82) is 0 Å². The van der Waals surface area contributed by atoms with Crippen LogP contribution in [0.1, 0.15) is 49.1 Å². The maximum absolute atomic E-state index is 9.48. The molecule has 2 nitrogen and oxygen atoms in total. The van der Waals surface area contributed by atoms with Crippen LogP contribution in [0.5, 0.6) is 0 Å². The van der Waals surface area contributed by atoms with E-state index in [0.29, 0.717) is 13.2 Å². The van der Waals surface area contributed by atoms with Gasteiger partial charge in [-0.05, 0) is 36.3 Å². The van der Waals surface area contributed by atoms with Gasteiger partial charge in [-0.15, -0.1) is 0 Å². The first-order chi connectivity index (χ1) is 9.31. The van der Waals surface area contributed by atoms with Crippen molar-refractivity contribution in [3.05, 3.63) is 35.4 Å². The van der Waals surface area contributed by atoms with Gasteiger partial charge < -0.3 is 9.84 Å². The van der Waals surface area contributed by atoms with Crippen LogP contribution in [-0.4, -0.2) is 24.9 Å². The Morgan fingerprint density at radius 2 is 1.74 bits per heavy atom. The van der Waals surface area contributed by atoms with Crippen molar-refractivity contribution in [3.8, 4) is 0 Å². The van der Waals surface area contributed by atoms with Crippen molar-refractivity contribution >= 4 is 0 Å². The average molecular weight is 260 g/mol. The zero-order valence-corrected chi connectivity index (χ0v) is 11.6. The highest BCUT2D eigenvalue weighted by molar-refractivity contribution is 5.27. The molecule has 0 radical (unpaired) electrons. The van der Waals surface area contributed by atoms with Gasteiger partial charge in [-0.25, -0.2) is 0 Å². The number of ether oxygens (including phenoxy) is 1. The van der Waals surface area contributed by atoms with Crippen molar-refractivity contribution < 1.29 is 9.84 Å². The van der Waals surface area contributed by atoms with Gasteiger partial charge in [0.05, 0.1) is 19.8 Å². The predicted molar refractivity (Wildman–Crippen MR) is 76.3 cm³/mol. The molecule has 1 aromatic rings. The van der Waals surface area contributed by atoms with Crippen LogP contribution >= 0.6 is 0 Å². The van der Waals surface area contributed by atoms with Crippen LogP contribution < -0.4 is 0 Å². The van der Waals surface area contributed by atoms with E-state index in [4.69, 9.17) is 4.74 Å². The van der Waals surface area contributed by atoms with Crippen molar-refractivity contribution in [2.45, 2.75) is 44.4 Å². The van der Waals surface area contributed by atoms with Gasteiger partial charge in [-0.3, -0.25) is 0 Å². The van der Waals surface area contributed by atoms with Crippen LogP contribution in [0.3, 0.4) is 0 Å². The van der Waals surface area contributed by atoms with E-state index in [1.54, 1.807) is 0 Å². The molecule has 104 valence electrons. The lowest BCUT2D eigenvalue weighted by Crippen LogP contribution is -2.47. The van der Waals surface area contributed by atoms with Gasteiger partial charge in [0, 0.05) is 5.41 Å². The van der Waals surface area contributed by atoms with Gasteiger partial charge in [0.15, 0.2) is 0 Å². The molecule has 1 N–H and O–H groups in total. The normalized spacial score (nSPS) is 23.0. The fourth-order valence-electron chi connectivity index (χ4n) is 3.42. The summed E-state index contributed by atoms with van der Waals surface area (Å²) in [5, 5.41) is 9.48. The summed E-state index contributed by atoms with van der Waals surface area (Å²) in [4.78, 5) is 0. The highest BCUT2D eigenvalue weighted by atomic mass is 16.5. The Morgan fingerprint density at radius 1 is 1.05 bits per heavy atom. The van der Waals surface area contributed by atoms with Crippen molar-refractivity contribution in [3.63, 3.8) is 0 Å². The Morgan fingerprint density at radius 3 is 2.26 bits per heavy atom. The second-order valence-corrected chi connectivity index (χ2v) is 6.40. The topological polar surface area (TPSA) is 29.5 Å². The standard InChI is InChI=1S/C17H24O2/c18-11-17(12-19-13-17)10-14-6-8-16(9-7-14)15-4-2-1-3-5-15/h6-9,15,18H,1-5,10-13H2. The van der Waals surface area contributed by atoms with Crippen LogP contribution in [0.15, 0.2) is 24.3 Å². The monoisotopic (exact) mass is 260 g/mol. The van der Waals surface area contributed by atoms with Gasteiger partial charge in [-0.2, -0.15) is 0 Å². The number of aliphatic hydroxyl groups is 1. The smallest absolute Gasteiger partial charge is 0.0570 e. The van der Waals surface area contributed by atoms with E-state index in [0.717, 1.165) is 12.3 Å². The molecular weight excluding hydrogens is 236 g/mol. The molecule has 0 atom stereocenters. The SMILES string of the molecule is OCC1(Cc2ccc(C3CCCCC3)cc2)COC1. The minimum absolute atomic E-state index is 0.00758. The number of hydrogen-bond acceptors (Lipinski definition) is 2. The molecular formula is C17H24O2. The molecule has 0 spiro atoms. The van der Waals surface area contributed by atoms with Gasteiger partial charge in [0.2, 0.25) is 0 Å². The predicted octanol–water partition coefficient (Wildman–Crippen LogP) is 3.29. The zero-order chi connectivity index (χ0) is 13.1. The fourth-order valence-corrected chi connectivity index (χ4v) is 3.42. The summed E-state index contributed by atoms with van der Waals surface area (Å²) >= 11 is 0. The molecule has 2 aliphatic rings. The summed E-state index contributed by atoms with van der Waals surface area (Å²) in [5.74, 6) is 0.779. The van der Waals surface area contributed by atoms with E-state index >= 15 is 0 Å². The summed E-state index contributed by atoms with van der Waals surface area (Å²) < 4.78 is 5.26. The lowest BCUT2D eigenvalue weighted by atomic mass is 9.79. The quantitative estimate of drug-likeness (QED) is 0.900. The lowest BCUT2D eigenvalue weighted by molar-refractivity contribution is -0.136. The van der Waals surface area contributed by atoms with Crippen molar-refractivity contribution in [2.75, 3.05) is 19.8 Å². The summed E-state index contributed by atoms with van der Waals surface area (Å²) in [7, 11) is 0. The number of aliphatic hydroxyl groups excluding tert-OH is 1. The third kappa shape index (κ3) is 2.85.